The van der Waals surface area contributed by atoms with E-state index in [1.54, 1.807) is 12.1 Å². The Labute approximate surface area is 184 Å². The smallest absolute Gasteiger partial charge is 0.304 e. The summed E-state index contributed by atoms with van der Waals surface area (Å²) in [6.45, 7) is 0. The molecule has 0 aliphatic rings. The van der Waals surface area contributed by atoms with Crippen molar-refractivity contribution in [2.75, 3.05) is 0 Å². The number of hydrogen-bond acceptors (Lipinski definition) is 5. The first-order valence-corrected chi connectivity index (χ1v) is 9.12. The maximum atomic E-state index is 14.3. The Morgan fingerprint density at radius 2 is 1.81 bits per heavy atom. The topological polar surface area (TPSA) is 129 Å². The molecule has 0 bridgehead atoms. The van der Waals surface area contributed by atoms with Gasteiger partial charge in [0.1, 0.15) is 5.75 Å². The van der Waals surface area contributed by atoms with Crippen LogP contribution in [0.15, 0.2) is 60.8 Å². The SMILES string of the molecule is Cl.NC(=O)c1cnc(Oc2ccc(-c3ccccc3)cc2CC(N)CC(=O)O)c(F)c1. The standard InChI is InChI=1S/C22H20FN3O4.ClH/c23-18-10-16(21(25)29)12-26-22(18)30-19-7-6-14(13-4-2-1-3-5-13)8-15(19)9-17(24)11-20(27)28;/h1-8,10,12,17H,9,11,24H2,(H2,25,29)(H,27,28);1H. The van der Waals surface area contributed by atoms with E-state index in [9.17, 15) is 14.0 Å². The Balaban J connectivity index is 0.00000341. The Hall–Kier alpha value is -3.49. The number of pyridine rings is 1. The first-order valence-electron chi connectivity index (χ1n) is 9.12. The van der Waals surface area contributed by atoms with Crippen LogP contribution in [-0.2, 0) is 11.2 Å². The summed E-state index contributed by atoms with van der Waals surface area (Å²) in [4.78, 5) is 26.0. The summed E-state index contributed by atoms with van der Waals surface area (Å²) in [6.07, 6.45) is 1.09. The number of nitrogens with zero attached hydrogens (tertiary/aromatic N) is 1. The zero-order valence-corrected chi connectivity index (χ0v) is 17.1. The van der Waals surface area contributed by atoms with Crippen molar-refractivity contribution in [1.29, 1.82) is 0 Å². The number of halogens is 2. The van der Waals surface area contributed by atoms with Gasteiger partial charge in [-0.3, -0.25) is 9.59 Å². The molecule has 0 spiro atoms. The molecule has 9 heteroatoms. The van der Waals surface area contributed by atoms with E-state index in [-0.39, 0.29) is 42.4 Å². The molecular weight excluding hydrogens is 425 g/mol. The van der Waals surface area contributed by atoms with Crippen LogP contribution in [0.1, 0.15) is 22.3 Å². The second kappa shape index (κ2) is 10.5. The molecule has 162 valence electrons. The number of carbonyl (C=O) groups excluding carboxylic acids is 1. The molecule has 0 aliphatic carbocycles. The van der Waals surface area contributed by atoms with Gasteiger partial charge in [-0.15, -0.1) is 12.4 Å². The van der Waals surface area contributed by atoms with Crippen LogP contribution in [0.4, 0.5) is 4.39 Å². The highest BCUT2D eigenvalue weighted by atomic mass is 35.5. The van der Waals surface area contributed by atoms with E-state index >= 15 is 0 Å². The molecule has 7 nitrogen and oxygen atoms in total. The number of benzene rings is 2. The molecule has 3 rings (SSSR count). The van der Waals surface area contributed by atoms with Crippen molar-refractivity contribution in [3.63, 3.8) is 0 Å². The summed E-state index contributed by atoms with van der Waals surface area (Å²) in [5.41, 5.74) is 13.4. The number of rotatable bonds is 8. The maximum Gasteiger partial charge on any atom is 0.304 e. The number of carbonyl (C=O) groups is 2. The van der Waals surface area contributed by atoms with E-state index in [4.69, 9.17) is 21.3 Å². The third kappa shape index (κ3) is 6.24. The van der Waals surface area contributed by atoms with E-state index in [1.807, 2.05) is 36.4 Å². The minimum absolute atomic E-state index is 0. The van der Waals surface area contributed by atoms with Gasteiger partial charge in [0.2, 0.25) is 5.91 Å². The number of amides is 1. The van der Waals surface area contributed by atoms with Crippen molar-refractivity contribution in [3.05, 3.63) is 77.7 Å². The number of aromatic nitrogens is 1. The summed E-state index contributed by atoms with van der Waals surface area (Å²) in [7, 11) is 0. The molecule has 1 amide bonds. The fraction of sp³-hybridized carbons (Fsp3) is 0.136. The van der Waals surface area contributed by atoms with Gasteiger partial charge in [-0.25, -0.2) is 9.37 Å². The summed E-state index contributed by atoms with van der Waals surface area (Å²) >= 11 is 0. The predicted molar refractivity (Wildman–Crippen MR) is 116 cm³/mol. The van der Waals surface area contributed by atoms with E-state index in [2.05, 4.69) is 4.98 Å². The van der Waals surface area contributed by atoms with Crippen molar-refractivity contribution in [2.45, 2.75) is 18.9 Å². The Morgan fingerprint density at radius 1 is 1.10 bits per heavy atom. The molecule has 0 radical (unpaired) electrons. The van der Waals surface area contributed by atoms with Crippen LogP contribution in [0.5, 0.6) is 11.6 Å². The Kier molecular flexibility index (Phi) is 8.07. The Morgan fingerprint density at radius 3 is 2.42 bits per heavy atom. The van der Waals surface area contributed by atoms with Gasteiger partial charge in [0.05, 0.1) is 12.0 Å². The van der Waals surface area contributed by atoms with Crippen molar-refractivity contribution in [3.8, 4) is 22.8 Å². The molecule has 5 N–H and O–H groups in total. The number of carboxylic acids is 1. The highest BCUT2D eigenvalue weighted by Gasteiger charge is 2.17. The Bertz CT molecular complexity index is 1080. The average Bonchev–Trinajstić information content (AvgIpc) is 2.70. The average molecular weight is 446 g/mol. The highest BCUT2D eigenvalue weighted by molar-refractivity contribution is 5.92. The normalized spacial score (nSPS) is 11.3. The molecule has 1 unspecified atom stereocenters. The number of hydrogen-bond donors (Lipinski definition) is 3. The molecule has 31 heavy (non-hydrogen) atoms. The lowest BCUT2D eigenvalue weighted by molar-refractivity contribution is -0.137. The molecular formula is C22H21ClFN3O4. The van der Waals surface area contributed by atoms with Gasteiger partial charge in [-0.05, 0) is 41.3 Å². The third-order valence-corrected chi connectivity index (χ3v) is 4.39. The van der Waals surface area contributed by atoms with Gasteiger partial charge in [0, 0.05) is 12.2 Å². The maximum absolute atomic E-state index is 14.3. The molecule has 0 aliphatic heterocycles. The molecule has 0 saturated carbocycles. The van der Waals surface area contributed by atoms with E-state index in [0.29, 0.717) is 5.56 Å². The predicted octanol–water partition coefficient (Wildman–Crippen LogP) is 3.55. The van der Waals surface area contributed by atoms with Crippen LogP contribution < -0.4 is 16.2 Å². The summed E-state index contributed by atoms with van der Waals surface area (Å²) < 4.78 is 19.9. The van der Waals surface area contributed by atoms with Crippen molar-refractivity contribution in [1.82, 2.24) is 4.98 Å². The van der Waals surface area contributed by atoms with Gasteiger partial charge in [-0.1, -0.05) is 36.4 Å². The highest BCUT2D eigenvalue weighted by Crippen LogP contribution is 2.31. The first kappa shape index (κ1) is 23.8. The summed E-state index contributed by atoms with van der Waals surface area (Å²) in [5.74, 6) is -2.71. The van der Waals surface area contributed by atoms with Gasteiger partial charge in [-0.2, -0.15) is 0 Å². The van der Waals surface area contributed by atoms with Gasteiger partial charge in [0.25, 0.3) is 5.88 Å². The third-order valence-electron chi connectivity index (χ3n) is 4.39. The van der Waals surface area contributed by atoms with Crippen molar-refractivity contribution < 1.29 is 23.8 Å². The zero-order valence-electron chi connectivity index (χ0n) is 16.3. The first-order chi connectivity index (χ1) is 14.3. The second-order valence-corrected chi connectivity index (χ2v) is 6.73. The number of carboxylic acid groups (broad SMARTS) is 1. The number of primary amides is 1. The van der Waals surface area contributed by atoms with Crippen LogP contribution in [0.25, 0.3) is 11.1 Å². The monoisotopic (exact) mass is 445 g/mol. The van der Waals surface area contributed by atoms with Crippen LogP contribution >= 0.6 is 12.4 Å². The van der Waals surface area contributed by atoms with Gasteiger partial charge < -0.3 is 21.3 Å². The molecule has 0 saturated heterocycles. The molecule has 3 aromatic rings. The van der Waals surface area contributed by atoms with Crippen LogP contribution in [-0.4, -0.2) is 28.0 Å². The fourth-order valence-electron chi connectivity index (χ4n) is 2.97. The van der Waals surface area contributed by atoms with E-state index in [0.717, 1.165) is 23.4 Å². The van der Waals surface area contributed by atoms with Crippen LogP contribution in [0.3, 0.4) is 0 Å². The fourth-order valence-corrected chi connectivity index (χ4v) is 2.97. The lowest BCUT2D eigenvalue weighted by atomic mass is 9.97. The van der Waals surface area contributed by atoms with Crippen molar-refractivity contribution >= 4 is 24.3 Å². The minimum Gasteiger partial charge on any atom is -0.481 e. The number of nitrogens with two attached hydrogens (primary N) is 2. The molecule has 1 heterocycles. The van der Waals surface area contributed by atoms with Gasteiger partial charge in [0.15, 0.2) is 5.82 Å². The lowest BCUT2D eigenvalue weighted by Gasteiger charge is -2.16. The zero-order chi connectivity index (χ0) is 21.7. The molecule has 2 aromatic carbocycles. The van der Waals surface area contributed by atoms with E-state index in [1.165, 1.54) is 0 Å². The number of ether oxygens (including phenoxy) is 1. The van der Waals surface area contributed by atoms with Crippen LogP contribution in [0.2, 0.25) is 0 Å². The molecule has 1 atom stereocenters. The second-order valence-electron chi connectivity index (χ2n) is 6.73. The minimum atomic E-state index is -1.01. The van der Waals surface area contributed by atoms with Crippen LogP contribution in [0, 0.1) is 5.82 Å². The largest absolute Gasteiger partial charge is 0.481 e. The summed E-state index contributed by atoms with van der Waals surface area (Å²) in [6, 6.07) is 15.1. The van der Waals surface area contributed by atoms with Crippen molar-refractivity contribution in [2.24, 2.45) is 11.5 Å². The lowest BCUT2D eigenvalue weighted by Crippen LogP contribution is -2.26. The quantitative estimate of drug-likeness (QED) is 0.486. The summed E-state index contributed by atoms with van der Waals surface area (Å²) in [5, 5.41) is 9.00. The molecule has 1 aromatic heterocycles. The van der Waals surface area contributed by atoms with Gasteiger partial charge >= 0.3 is 5.97 Å². The number of aliphatic carboxylic acids is 1. The molecule has 0 fully saturated rings. The van der Waals surface area contributed by atoms with E-state index < -0.39 is 23.7 Å².